The maximum absolute atomic E-state index is 11.8. The number of carbonyl (C=O) groups excluding carboxylic acids is 1. The number of rotatable bonds is 2. The van der Waals surface area contributed by atoms with Gasteiger partial charge in [0, 0.05) is 24.9 Å². The summed E-state index contributed by atoms with van der Waals surface area (Å²) in [6.07, 6.45) is 2.25. The standard InChI is InChI=1S/C14H15N3O2/c1-17-14-12(8-15-17)11(7-13(18)16-14)9-4-3-5-10(6-9)19-2/h3-6,8,11H,7H2,1-2H3,(H,16,18)/t11-/m1/s1. The number of anilines is 1. The lowest BCUT2D eigenvalue weighted by molar-refractivity contribution is -0.116. The van der Waals surface area contributed by atoms with Crippen LogP contribution in [0.4, 0.5) is 5.82 Å². The SMILES string of the molecule is COc1cccc([C@H]2CC(=O)Nc3c2cnn3C)c1. The summed E-state index contributed by atoms with van der Waals surface area (Å²) in [7, 11) is 3.47. The average Bonchev–Trinajstić information content (AvgIpc) is 2.80. The molecule has 5 heteroatoms. The number of aryl methyl sites for hydroxylation is 1. The Morgan fingerprint density at radius 3 is 3.11 bits per heavy atom. The molecule has 1 aliphatic rings. The molecule has 1 aliphatic heterocycles. The van der Waals surface area contributed by atoms with Crippen molar-refractivity contribution < 1.29 is 9.53 Å². The number of hydrogen-bond acceptors (Lipinski definition) is 3. The predicted octanol–water partition coefficient (Wildman–Crippen LogP) is 1.90. The number of fused-ring (bicyclic) bond motifs is 1. The minimum absolute atomic E-state index is 0.0175. The fourth-order valence-electron chi connectivity index (χ4n) is 2.50. The van der Waals surface area contributed by atoms with Gasteiger partial charge in [0.15, 0.2) is 0 Å². The van der Waals surface area contributed by atoms with Crippen molar-refractivity contribution >= 4 is 11.7 Å². The number of carbonyl (C=O) groups is 1. The topological polar surface area (TPSA) is 56.1 Å². The van der Waals surface area contributed by atoms with Gasteiger partial charge in [-0.25, -0.2) is 0 Å². The van der Waals surface area contributed by atoms with E-state index in [4.69, 9.17) is 4.74 Å². The van der Waals surface area contributed by atoms with E-state index in [1.807, 2.05) is 37.5 Å². The molecule has 2 aromatic rings. The van der Waals surface area contributed by atoms with Crippen molar-refractivity contribution in [2.75, 3.05) is 12.4 Å². The van der Waals surface area contributed by atoms with Crippen LogP contribution in [0.3, 0.4) is 0 Å². The first-order valence-electron chi connectivity index (χ1n) is 6.14. The Morgan fingerprint density at radius 2 is 2.32 bits per heavy atom. The maximum atomic E-state index is 11.8. The minimum atomic E-state index is 0.0175. The highest BCUT2D eigenvalue weighted by Crippen LogP contribution is 2.37. The molecule has 0 radical (unpaired) electrons. The molecule has 3 rings (SSSR count). The third-order valence-electron chi connectivity index (χ3n) is 3.49. The van der Waals surface area contributed by atoms with Crippen LogP contribution in [0.5, 0.6) is 5.75 Å². The zero-order valence-electron chi connectivity index (χ0n) is 10.9. The molecule has 0 unspecified atom stereocenters. The van der Waals surface area contributed by atoms with Gasteiger partial charge in [0.05, 0.1) is 13.3 Å². The van der Waals surface area contributed by atoms with E-state index in [0.29, 0.717) is 6.42 Å². The molecule has 98 valence electrons. The van der Waals surface area contributed by atoms with Gasteiger partial charge in [-0.1, -0.05) is 12.1 Å². The lowest BCUT2D eigenvalue weighted by Gasteiger charge is -2.23. The summed E-state index contributed by atoms with van der Waals surface area (Å²) in [5, 5.41) is 7.09. The first-order valence-corrected chi connectivity index (χ1v) is 6.14. The molecule has 1 atom stereocenters. The molecule has 1 amide bonds. The molecule has 0 aliphatic carbocycles. The van der Waals surface area contributed by atoms with Crippen LogP contribution in [-0.2, 0) is 11.8 Å². The van der Waals surface area contributed by atoms with Gasteiger partial charge in [0.2, 0.25) is 5.91 Å². The second-order valence-corrected chi connectivity index (χ2v) is 4.65. The normalized spacial score (nSPS) is 17.8. The number of methoxy groups -OCH3 is 1. The van der Waals surface area contributed by atoms with Crippen LogP contribution in [-0.4, -0.2) is 22.8 Å². The Morgan fingerprint density at radius 1 is 1.47 bits per heavy atom. The van der Waals surface area contributed by atoms with Crippen molar-refractivity contribution in [2.45, 2.75) is 12.3 Å². The Bertz CT molecular complexity index is 633. The summed E-state index contributed by atoms with van der Waals surface area (Å²) in [5.74, 6) is 1.63. The van der Waals surface area contributed by atoms with Gasteiger partial charge >= 0.3 is 0 Å². The third kappa shape index (κ3) is 1.97. The first kappa shape index (κ1) is 11.8. The molecule has 1 N–H and O–H groups in total. The number of amides is 1. The Labute approximate surface area is 111 Å². The molecule has 2 heterocycles. The van der Waals surface area contributed by atoms with Gasteiger partial charge < -0.3 is 10.1 Å². The third-order valence-corrected chi connectivity index (χ3v) is 3.49. The van der Waals surface area contributed by atoms with Gasteiger partial charge in [0.25, 0.3) is 0 Å². The van der Waals surface area contributed by atoms with E-state index in [1.54, 1.807) is 11.8 Å². The lowest BCUT2D eigenvalue weighted by atomic mass is 9.87. The number of nitrogens with zero attached hydrogens (tertiary/aromatic N) is 2. The Balaban J connectivity index is 2.07. The zero-order chi connectivity index (χ0) is 13.4. The van der Waals surface area contributed by atoms with Crippen molar-refractivity contribution in [3.63, 3.8) is 0 Å². The fraction of sp³-hybridized carbons (Fsp3) is 0.286. The molecule has 0 spiro atoms. The van der Waals surface area contributed by atoms with Crippen molar-refractivity contribution in [3.8, 4) is 5.75 Å². The van der Waals surface area contributed by atoms with Crippen molar-refractivity contribution in [1.29, 1.82) is 0 Å². The van der Waals surface area contributed by atoms with Gasteiger partial charge in [-0.2, -0.15) is 5.10 Å². The maximum Gasteiger partial charge on any atom is 0.226 e. The van der Waals surface area contributed by atoms with Gasteiger partial charge in [-0.05, 0) is 17.7 Å². The van der Waals surface area contributed by atoms with E-state index in [9.17, 15) is 4.79 Å². The summed E-state index contributed by atoms with van der Waals surface area (Å²) in [6.45, 7) is 0. The van der Waals surface area contributed by atoms with Crippen LogP contribution >= 0.6 is 0 Å². The van der Waals surface area contributed by atoms with Crippen molar-refractivity contribution in [1.82, 2.24) is 9.78 Å². The van der Waals surface area contributed by atoms with Crippen LogP contribution in [0.15, 0.2) is 30.5 Å². The quantitative estimate of drug-likeness (QED) is 0.894. The van der Waals surface area contributed by atoms with Gasteiger partial charge in [-0.3, -0.25) is 9.48 Å². The van der Waals surface area contributed by atoms with E-state index >= 15 is 0 Å². The number of ether oxygens (including phenoxy) is 1. The fourth-order valence-corrected chi connectivity index (χ4v) is 2.50. The van der Waals surface area contributed by atoms with Crippen LogP contribution in [0, 0.1) is 0 Å². The van der Waals surface area contributed by atoms with E-state index in [2.05, 4.69) is 10.4 Å². The van der Waals surface area contributed by atoms with Gasteiger partial charge in [-0.15, -0.1) is 0 Å². The van der Waals surface area contributed by atoms with Crippen molar-refractivity contribution in [3.05, 3.63) is 41.6 Å². The summed E-state index contributed by atoms with van der Waals surface area (Å²) < 4.78 is 6.94. The van der Waals surface area contributed by atoms with E-state index < -0.39 is 0 Å². The summed E-state index contributed by atoms with van der Waals surface area (Å²) >= 11 is 0. The van der Waals surface area contributed by atoms with E-state index in [0.717, 1.165) is 22.7 Å². The molecule has 1 aromatic heterocycles. The second kappa shape index (κ2) is 4.42. The molecule has 0 fully saturated rings. The lowest BCUT2D eigenvalue weighted by Crippen LogP contribution is -2.24. The average molecular weight is 257 g/mol. The molecular formula is C14H15N3O2. The first-order chi connectivity index (χ1) is 9.19. The van der Waals surface area contributed by atoms with Crippen LogP contribution < -0.4 is 10.1 Å². The highest BCUT2D eigenvalue weighted by atomic mass is 16.5. The number of nitrogens with one attached hydrogen (secondary N) is 1. The molecular weight excluding hydrogens is 242 g/mol. The molecule has 0 saturated heterocycles. The predicted molar refractivity (Wildman–Crippen MR) is 71.3 cm³/mol. The Kier molecular flexibility index (Phi) is 2.74. The molecule has 5 nitrogen and oxygen atoms in total. The van der Waals surface area contributed by atoms with Crippen molar-refractivity contribution in [2.24, 2.45) is 7.05 Å². The van der Waals surface area contributed by atoms with Crippen LogP contribution in [0.25, 0.3) is 0 Å². The van der Waals surface area contributed by atoms with Gasteiger partial charge in [0.1, 0.15) is 11.6 Å². The van der Waals surface area contributed by atoms with Crippen LogP contribution in [0.2, 0.25) is 0 Å². The Hall–Kier alpha value is -2.30. The zero-order valence-corrected chi connectivity index (χ0v) is 10.9. The summed E-state index contributed by atoms with van der Waals surface area (Å²) in [5.41, 5.74) is 2.12. The van der Waals surface area contributed by atoms with Crippen LogP contribution in [0.1, 0.15) is 23.5 Å². The molecule has 1 aromatic carbocycles. The number of hydrogen-bond donors (Lipinski definition) is 1. The van der Waals surface area contributed by atoms with E-state index in [1.165, 1.54) is 0 Å². The molecule has 19 heavy (non-hydrogen) atoms. The largest absolute Gasteiger partial charge is 0.497 e. The number of benzene rings is 1. The summed E-state index contributed by atoms with van der Waals surface area (Å²) in [6, 6.07) is 7.83. The molecule has 0 saturated carbocycles. The molecule has 0 bridgehead atoms. The van der Waals surface area contributed by atoms with E-state index in [-0.39, 0.29) is 11.8 Å². The number of aromatic nitrogens is 2. The highest BCUT2D eigenvalue weighted by molar-refractivity contribution is 5.94. The second-order valence-electron chi connectivity index (χ2n) is 4.65. The minimum Gasteiger partial charge on any atom is -0.497 e. The summed E-state index contributed by atoms with van der Waals surface area (Å²) in [4.78, 5) is 11.8. The monoisotopic (exact) mass is 257 g/mol. The smallest absolute Gasteiger partial charge is 0.226 e. The highest BCUT2D eigenvalue weighted by Gasteiger charge is 2.29.